The van der Waals surface area contributed by atoms with Crippen molar-refractivity contribution in [2.45, 2.75) is 26.2 Å². The SMILES string of the molecule is CC(=O)N1CC(C)(C)c2ccc(NC(=O)c3ccccc3NC(=O)c3ccncc3)cc21. The van der Waals surface area contributed by atoms with Crippen molar-refractivity contribution in [2.75, 3.05) is 22.1 Å². The van der Waals surface area contributed by atoms with Crippen molar-refractivity contribution >= 4 is 34.8 Å². The zero-order valence-electron chi connectivity index (χ0n) is 18.2. The number of amides is 3. The number of hydrogen-bond acceptors (Lipinski definition) is 4. The molecule has 0 unspecified atom stereocenters. The van der Waals surface area contributed by atoms with E-state index in [-0.39, 0.29) is 23.1 Å². The average molecular weight is 428 g/mol. The molecule has 0 saturated carbocycles. The van der Waals surface area contributed by atoms with Gasteiger partial charge in [0.1, 0.15) is 0 Å². The first-order chi connectivity index (χ1) is 15.3. The lowest BCUT2D eigenvalue weighted by Gasteiger charge is -2.19. The van der Waals surface area contributed by atoms with Crippen LogP contribution in [0.15, 0.2) is 67.0 Å². The van der Waals surface area contributed by atoms with E-state index in [0.717, 1.165) is 11.3 Å². The molecule has 0 radical (unpaired) electrons. The highest BCUT2D eigenvalue weighted by Crippen LogP contribution is 2.41. The van der Waals surface area contributed by atoms with Gasteiger partial charge in [-0.1, -0.05) is 32.0 Å². The Hall–Kier alpha value is -4.00. The van der Waals surface area contributed by atoms with E-state index >= 15 is 0 Å². The number of aromatic nitrogens is 1. The second-order valence-electron chi connectivity index (χ2n) is 8.41. The Morgan fingerprint density at radius 1 is 0.938 bits per heavy atom. The molecule has 3 aromatic rings. The van der Waals surface area contributed by atoms with Gasteiger partial charge in [0, 0.05) is 48.2 Å². The molecule has 1 aliphatic heterocycles. The summed E-state index contributed by atoms with van der Waals surface area (Å²) >= 11 is 0. The van der Waals surface area contributed by atoms with Gasteiger partial charge >= 0.3 is 0 Å². The quantitative estimate of drug-likeness (QED) is 0.651. The number of carbonyl (C=O) groups excluding carboxylic acids is 3. The maximum atomic E-state index is 13.0. The molecule has 7 heteroatoms. The van der Waals surface area contributed by atoms with Crippen LogP contribution >= 0.6 is 0 Å². The molecular weight excluding hydrogens is 404 g/mol. The summed E-state index contributed by atoms with van der Waals surface area (Å²) < 4.78 is 0. The first kappa shape index (κ1) is 21.2. The Bertz CT molecular complexity index is 1200. The zero-order valence-corrected chi connectivity index (χ0v) is 18.2. The Morgan fingerprint density at radius 3 is 2.38 bits per heavy atom. The number of rotatable bonds is 4. The van der Waals surface area contributed by atoms with Gasteiger partial charge in [-0.25, -0.2) is 0 Å². The highest BCUT2D eigenvalue weighted by molar-refractivity contribution is 6.12. The number of carbonyl (C=O) groups is 3. The van der Waals surface area contributed by atoms with Gasteiger partial charge in [0.25, 0.3) is 11.8 Å². The van der Waals surface area contributed by atoms with Crippen LogP contribution in [0.2, 0.25) is 0 Å². The van der Waals surface area contributed by atoms with Crippen LogP contribution in [-0.2, 0) is 10.2 Å². The molecule has 0 saturated heterocycles. The number of benzene rings is 2. The standard InChI is InChI=1S/C25H24N4O3/c1-16(30)29-15-25(2,3)20-9-8-18(14-22(20)29)27-24(32)19-6-4-5-7-21(19)28-23(31)17-10-12-26-13-11-17/h4-14H,15H2,1-3H3,(H,27,32)(H,28,31). The number of hydrogen-bond donors (Lipinski definition) is 2. The molecule has 162 valence electrons. The Labute approximate surface area is 186 Å². The molecule has 32 heavy (non-hydrogen) atoms. The molecule has 0 atom stereocenters. The van der Waals surface area contributed by atoms with Gasteiger partial charge in [0.15, 0.2) is 0 Å². The normalized spacial score (nSPS) is 13.9. The van der Waals surface area contributed by atoms with Gasteiger partial charge in [-0.3, -0.25) is 19.4 Å². The number of pyridine rings is 1. The average Bonchev–Trinajstić information content (AvgIpc) is 3.05. The van der Waals surface area contributed by atoms with Crippen molar-refractivity contribution in [1.82, 2.24) is 4.98 Å². The monoisotopic (exact) mass is 428 g/mol. The van der Waals surface area contributed by atoms with Crippen LogP contribution in [0, 0.1) is 0 Å². The lowest BCUT2D eigenvalue weighted by molar-refractivity contribution is -0.116. The lowest BCUT2D eigenvalue weighted by atomic mass is 9.87. The van der Waals surface area contributed by atoms with Crippen LogP contribution in [0.1, 0.15) is 47.1 Å². The van der Waals surface area contributed by atoms with E-state index in [2.05, 4.69) is 29.5 Å². The van der Waals surface area contributed by atoms with Crippen LogP contribution in [0.3, 0.4) is 0 Å². The molecule has 0 spiro atoms. The third kappa shape index (κ3) is 4.09. The van der Waals surface area contributed by atoms with Gasteiger partial charge in [0.05, 0.1) is 11.3 Å². The van der Waals surface area contributed by atoms with Crippen molar-refractivity contribution in [1.29, 1.82) is 0 Å². The second-order valence-corrected chi connectivity index (χ2v) is 8.41. The van der Waals surface area contributed by atoms with E-state index in [1.807, 2.05) is 18.2 Å². The summed E-state index contributed by atoms with van der Waals surface area (Å²) in [5, 5.41) is 5.68. The number of fused-ring (bicyclic) bond motifs is 1. The maximum absolute atomic E-state index is 13.0. The molecule has 3 amide bonds. The molecule has 4 rings (SSSR count). The Kier molecular flexibility index (Phi) is 5.48. The Morgan fingerprint density at radius 2 is 1.66 bits per heavy atom. The number of nitrogens with one attached hydrogen (secondary N) is 2. The number of anilines is 3. The third-order valence-electron chi connectivity index (χ3n) is 5.57. The maximum Gasteiger partial charge on any atom is 0.257 e. The highest BCUT2D eigenvalue weighted by atomic mass is 16.2. The molecular formula is C25H24N4O3. The molecule has 1 aliphatic rings. The molecule has 1 aromatic heterocycles. The molecule has 0 bridgehead atoms. The fourth-order valence-electron chi connectivity index (χ4n) is 3.94. The van der Waals surface area contributed by atoms with Crippen LogP contribution in [0.5, 0.6) is 0 Å². The van der Waals surface area contributed by atoms with Crippen molar-refractivity contribution in [3.63, 3.8) is 0 Å². The zero-order chi connectivity index (χ0) is 22.9. The highest BCUT2D eigenvalue weighted by Gasteiger charge is 2.37. The second kappa shape index (κ2) is 8.26. The smallest absolute Gasteiger partial charge is 0.257 e. The summed E-state index contributed by atoms with van der Waals surface area (Å²) in [4.78, 5) is 43.3. The summed E-state index contributed by atoms with van der Waals surface area (Å²) in [5.74, 6) is -0.726. The minimum Gasteiger partial charge on any atom is -0.322 e. The van der Waals surface area contributed by atoms with E-state index < -0.39 is 0 Å². The first-order valence-electron chi connectivity index (χ1n) is 10.3. The van der Waals surface area contributed by atoms with Gasteiger partial charge in [-0.2, -0.15) is 0 Å². The van der Waals surface area contributed by atoms with Crippen molar-refractivity contribution in [3.8, 4) is 0 Å². The fraction of sp³-hybridized carbons (Fsp3) is 0.200. The van der Waals surface area contributed by atoms with Crippen LogP contribution in [0.25, 0.3) is 0 Å². The van der Waals surface area contributed by atoms with Crippen molar-refractivity contribution in [3.05, 3.63) is 83.7 Å². The van der Waals surface area contributed by atoms with E-state index in [1.165, 1.54) is 19.3 Å². The van der Waals surface area contributed by atoms with E-state index in [9.17, 15) is 14.4 Å². The molecule has 2 aromatic carbocycles. The van der Waals surface area contributed by atoms with Crippen LogP contribution < -0.4 is 15.5 Å². The summed E-state index contributed by atoms with van der Waals surface area (Å²) in [6.45, 7) is 6.32. The summed E-state index contributed by atoms with van der Waals surface area (Å²) in [5.41, 5.74) is 3.47. The molecule has 0 aliphatic carbocycles. The minimum atomic E-state index is -0.359. The lowest BCUT2D eigenvalue weighted by Crippen LogP contribution is -2.32. The van der Waals surface area contributed by atoms with Gasteiger partial charge in [-0.05, 0) is 42.0 Å². The first-order valence-corrected chi connectivity index (χ1v) is 10.3. The van der Waals surface area contributed by atoms with Gasteiger partial charge in [0.2, 0.25) is 5.91 Å². The topological polar surface area (TPSA) is 91.4 Å². The predicted molar refractivity (Wildman–Crippen MR) is 124 cm³/mol. The Balaban J connectivity index is 1.58. The van der Waals surface area contributed by atoms with E-state index in [4.69, 9.17) is 0 Å². The molecule has 2 N–H and O–H groups in total. The number of nitrogens with zero attached hydrogens (tertiary/aromatic N) is 2. The molecule has 7 nitrogen and oxygen atoms in total. The van der Waals surface area contributed by atoms with Crippen molar-refractivity contribution < 1.29 is 14.4 Å². The summed E-state index contributed by atoms with van der Waals surface area (Å²) in [6, 6.07) is 15.6. The fourth-order valence-corrected chi connectivity index (χ4v) is 3.94. The van der Waals surface area contributed by atoms with E-state index in [0.29, 0.717) is 29.0 Å². The predicted octanol–water partition coefficient (Wildman–Crippen LogP) is 4.23. The summed E-state index contributed by atoms with van der Waals surface area (Å²) in [6.07, 6.45) is 3.07. The molecule has 2 heterocycles. The minimum absolute atomic E-state index is 0.0375. The third-order valence-corrected chi connectivity index (χ3v) is 5.57. The van der Waals surface area contributed by atoms with Gasteiger partial charge in [-0.15, -0.1) is 0 Å². The largest absolute Gasteiger partial charge is 0.322 e. The van der Waals surface area contributed by atoms with E-state index in [1.54, 1.807) is 41.3 Å². The van der Waals surface area contributed by atoms with Gasteiger partial charge < -0.3 is 15.5 Å². The summed E-state index contributed by atoms with van der Waals surface area (Å²) in [7, 11) is 0. The number of para-hydroxylation sites is 1. The van der Waals surface area contributed by atoms with Crippen molar-refractivity contribution in [2.24, 2.45) is 0 Å². The molecule has 0 fully saturated rings. The van der Waals surface area contributed by atoms with Crippen LogP contribution in [0.4, 0.5) is 17.1 Å². The van der Waals surface area contributed by atoms with Crippen LogP contribution in [-0.4, -0.2) is 29.3 Å².